The summed E-state index contributed by atoms with van der Waals surface area (Å²) in [5.41, 5.74) is 0. The first kappa shape index (κ1) is 30.3. The number of piperidine rings is 1. The molecule has 27 heavy (non-hydrogen) atoms. The summed E-state index contributed by atoms with van der Waals surface area (Å²) in [6, 6.07) is 0. The van der Waals surface area contributed by atoms with Gasteiger partial charge in [0.2, 0.25) is 11.8 Å². The molecule has 1 aliphatic heterocycles. The monoisotopic (exact) mass is 388 g/mol. The highest BCUT2D eigenvalue weighted by atomic mass is 16.5. The largest absolute Gasteiger partial charge is 0.372 e. The van der Waals surface area contributed by atoms with Gasteiger partial charge in [-0.2, -0.15) is 0 Å². The highest BCUT2D eigenvalue weighted by molar-refractivity contribution is 5.81. The van der Waals surface area contributed by atoms with Crippen molar-refractivity contribution < 1.29 is 19.1 Å². The number of amides is 2. The second-order valence-electron chi connectivity index (χ2n) is 5.27. The number of hydrogen-bond acceptors (Lipinski definition) is 4. The quantitative estimate of drug-likeness (QED) is 0.641. The van der Waals surface area contributed by atoms with Crippen molar-refractivity contribution in [2.45, 2.75) is 81.1 Å². The van der Waals surface area contributed by atoms with Gasteiger partial charge in [-0.05, 0) is 12.8 Å². The SMILES string of the molecule is CC.CC.CC.CCC(=O)COCCNC(=O)C1CCCN(C(=O)CC)C1. The molecule has 1 unspecified atom stereocenters. The van der Waals surface area contributed by atoms with E-state index in [-0.39, 0.29) is 30.1 Å². The Kier molecular flexibility index (Phi) is 25.4. The molecule has 0 radical (unpaired) electrons. The van der Waals surface area contributed by atoms with Gasteiger partial charge in [-0.3, -0.25) is 14.4 Å². The second-order valence-corrected chi connectivity index (χ2v) is 5.27. The molecular weight excluding hydrogens is 344 g/mol. The van der Waals surface area contributed by atoms with Crippen LogP contribution >= 0.6 is 0 Å². The smallest absolute Gasteiger partial charge is 0.224 e. The number of Topliss-reactive ketones (excluding diaryl/α,β-unsaturated/α-hetero) is 1. The lowest BCUT2D eigenvalue weighted by Gasteiger charge is -2.31. The molecule has 162 valence electrons. The van der Waals surface area contributed by atoms with Gasteiger partial charge in [0.1, 0.15) is 6.61 Å². The molecule has 6 heteroatoms. The number of carbonyl (C=O) groups excluding carboxylic acids is 3. The van der Waals surface area contributed by atoms with Gasteiger partial charge in [0.15, 0.2) is 5.78 Å². The number of ketones is 1. The lowest BCUT2D eigenvalue weighted by atomic mass is 9.97. The van der Waals surface area contributed by atoms with Gasteiger partial charge in [-0.1, -0.05) is 55.4 Å². The Labute approximate surface area is 167 Å². The molecule has 2 amide bonds. The predicted octanol–water partition coefficient (Wildman–Crippen LogP) is 3.83. The van der Waals surface area contributed by atoms with Gasteiger partial charge in [-0.25, -0.2) is 0 Å². The average Bonchev–Trinajstić information content (AvgIpc) is 2.76. The Hall–Kier alpha value is -1.43. The minimum atomic E-state index is -0.133. The first-order valence-corrected chi connectivity index (χ1v) is 10.7. The van der Waals surface area contributed by atoms with Gasteiger partial charge >= 0.3 is 0 Å². The first-order chi connectivity index (χ1) is 13.1. The highest BCUT2D eigenvalue weighted by Crippen LogP contribution is 2.17. The molecule has 1 atom stereocenters. The maximum Gasteiger partial charge on any atom is 0.224 e. The summed E-state index contributed by atoms with van der Waals surface area (Å²) >= 11 is 0. The minimum absolute atomic E-state index is 0.0333. The Morgan fingerprint density at radius 1 is 1.00 bits per heavy atom. The third kappa shape index (κ3) is 15.3. The van der Waals surface area contributed by atoms with Crippen molar-refractivity contribution in [1.82, 2.24) is 10.2 Å². The summed E-state index contributed by atoms with van der Waals surface area (Å²) in [6.45, 7) is 17.7. The molecule has 6 nitrogen and oxygen atoms in total. The molecule has 0 bridgehead atoms. The molecule has 0 aromatic heterocycles. The Morgan fingerprint density at radius 3 is 2.11 bits per heavy atom. The van der Waals surface area contributed by atoms with Crippen LogP contribution in [0.5, 0.6) is 0 Å². The van der Waals surface area contributed by atoms with E-state index in [4.69, 9.17) is 4.74 Å². The van der Waals surface area contributed by atoms with Crippen LogP contribution in [0.2, 0.25) is 0 Å². The van der Waals surface area contributed by atoms with Crippen molar-refractivity contribution in [3.63, 3.8) is 0 Å². The summed E-state index contributed by atoms with van der Waals surface area (Å²) in [4.78, 5) is 36.5. The van der Waals surface area contributed by atoms with Crippen LogP contribution in [0.15, 0.2) is 0 Å². The van der Waals surface area contributed by atoms with E-state index in [0.717, 1.165) is 19.4 Å². The van der Waals surface area contributed by atoms with E-state index < -0.39 is 0 Å². The van der Waals surface area contributed by atoms with Crippen molar-refractivity contribution in [2.24, 2.45) is 5.92 Å². The van der Waals surface area contributed by atoms with Crippen molar-refractivity contribution in [3.05, 3.63) is 0 Å². The highest BCUT2D eigenvalue weighted by Gasteiger charge is 2.27. The lowest BCUT2D eigenvalue weighted by molar-refractivity contribution is -0.135. The van der Waals surface area contributed by atoms with E-state index in [1.54, 1.807) is 11.8 Å². The Balaban J connectivity index is -0.000000869. The van der Waals surface area contributed by atoms with E-state index in [1.165, 1.54) is 0 Å². The third-order valence-electron chi connectivity index (χ3n) is 3.65. The fourth-order valence-corrected chi connectivity index (χ4v) is 2.32. The summed E-state index contributed by atoms with van der Waals surface area (Å²) < 4.78 is 5.17. The summed E-state index contributed by atoms with van der Waals surface area (Å²) in [7, 11) is 0. The maximum absolute atomic E-state index is 12.0. The van der Waals surface area contributed by atoms with E-state index >= 15 is 0 Å². The fourth-order valence-electron chi connectivity index (χ4n) is 2.32. The first-order valence-electron chi connectivity index (χ1n) is 10.7. The predicted molar refractivity (Wildman–Crippen MR) is 113 cm³/mol. The van der Waals surface area contributed by atoms with E-state index in [9.17, 15) is 14.4 Å². The van der Waals surface area contributed by atoms with E-state index in [1.807, 2.05) is 48.5 Å². The molecule has 0 aromatic carbocycles. The maximum atomic E-state index is 12.0. The van der Waals surface area contributed by atoms with Crippen LogP contribution in [0.3, 0.4) is 0 Å². The third-order valence-corrected chi connectivity index (χ3v) is 3.65. The van der Waals surface area contributed by atoms with Crippen molar-refractivity contribution >= 4 is 17.6 Å². The van der Waals surface area contributed by atoms with Crippen LogP contribution < -0.4 is 5.32 Å². The van der Waals surface area contributed by atoms with E-state index in [2.05, 4.69) is 5.32 Å². The molecule has 1 heterocycles. The molecule has 1 saturated heterocycles. The molecular formula is C21H44N2O4. The molecule has 1 fully saturated rings. The lowest BCUT2D eigenvalue weighted by Crippen LogP contribution is -2.45. The molecule has 0 saturated carbocycles. The summed E-state index contributed by atoms with van der Waals surface area (Å²) in [5, 5.41) is 2.81. The van der Waals surface area contributed by atoms with Crippen LogP contribution in [-0.4, -0.2) is 55.3 Å². The number of rotatable bonds is 8. The molecule has 1 aliphatic rings. The van der Waals surface area contributed by atoms with Gasteiger partial charge in [0.25, 0.3) is 0 Å². The van der Waals surface area contributed by atoms with Crippen LogP contribution in [0.4, 0.5) is 0 Å². The number of ether oxygens (including phenoxy) is 1. The zero-order valence-corrected chi connectivity index (χ0v) is 19.0. The van der Waals surface area contributed by atoms with Crippen molar-refractivity contribution in [1.29, 1.82) is 0 Å². The van der Waals surface area contributed by atoms with Crippen molar-refractivity contribution in [3.8, 4) is 0 Å². The number of likely N-dealkylation sites (tertiary alicyclic amines) is 1. The van der Waals surface area contributed by atoms with Gasteiger partial charge in [0.05, 0.1) is 12.5 Å². The van der Waals surface area contributed by atoms with Crippen LogP contribution in [0, 0.1) is 5.92 Å². The Morgan fingerprint density at radius 2 is 1.59 bits per heavy atom. The fraction of sp³-hybridized carbons (Fsp3) is 0.857. The number of hydrogen-bond donors (Lipinski definition) is 1. The summed E-state index contributed by atoms with van der Waals surface area (Å²) in [6.07, 6.45) is 2.63. The van der Waals surface area contributed by atoms with Gasteiger partial charge in [-0.15, -0.1) is 0 Å². The molecule has 0 aromatic rings. The normalized spacial score (nSPS) is 15.0. The van der Waals surface area contributed by atoms with Gasteiger partial charge in [0, 0.05) is 32.5 Å². The standard InChI is InChI=1S/C15H26N2O4.3C2H6/c1-3-13(18)11-21-9-7-16-15(20)12-6-5-8-17(10-12)14(19)4-2;3*1-2/h12H,3-11H2,1-2H3,(H,16,20);3*1-2H3. The number of nitrogens with zero attached hydrogens (tertiary/aromatic N) is 1. The second kappa shape index (κ2) is 22.6. The topological polar surface area (TPSA) is 75.7 Å². The number of nitrogens with one attached hydrogen (secondary N) is 1. The molecule has 0 aliphatic carbocycles. The molecule has 0 spiro atoms. The Bertz CT molecular complexity index is 373. The summed E-state index contributed by atoms with van der Waals surface area (Å²) in [5.74, 6) is -0.00298. The van der Waals surface area contributed by atoms with Crippen molar-refractivity contribution in [2.75, 3.05) is 32.8 Å². The zero-order chi connectivity index (χ0) is 21.7. The average molecular weight is 389 g/mol. The zero-order valence-electron chi connectivity index (χ0n) is 19.0. The van der Waals surface area contributed by atoms with Crippen LogP contribution in [-0.2, 0) is 19.1 Å². The van der Waals surface area contributed by atoms with Gasteiger partial charge < -0.3 is 15.0 Å². The molecule has 1 N–H and O–H groups in total. The van der Waals surface area contributed by atoms with E-state index in [0.29, 0.717) is 32.5 Å². The molecule has 1 rings (SSSR count). The minimum Gasteiger partial charge on any atom is -0.372 e. The number of carbonyl (C=O) groups is 3. The van der Waals surface area contributed by atoms with Crippen LogP contribution in [0.25, 0.3) is 0 Å². The van der Waals surface area contributed by atoms with Crippen LogP contribution in [0.1, 0.15) is 81.1 Å².